The number of carbonyl (C=O) groups is 3. The predicted octanol–water partition coefficient (Wildman–Crippen LogP) is 0.953. The molecule has 5 rings (SSSR count). The van der Waals surface area contributed by atoms with E-state index in [1.165, 1.54) is 17.3 Å². The number of aromatic nitrogens is 3. The quantitative estimate of drug-likeness (QED) is 0.641. The molecule has 3 aliphatic rings. The van der Waals surface area contributed by atoms with E-state index in [2.05, 4.69) is 20.3 Å². The van der Waals surface area contributed by atoms with Crippen LogP contribution in [0.25, 0.3) is 11.5 Å². The van der Waals surface area contributed by atoms with Gasteiger partial charge in [0.2, 0.25) is 5.91 Å². The molecule has 3 fully saturated rings. The van der Waals surface area contributed by atoms with Crippen LogP contribution in [0, 0.1) is 17.8 Å². The van der Waals surface area contributed by atoms with E-state index in [1.54, 1.807) is 37.9 Å². The average Bonchev–Trinajstić information content (AvgIpc) is 3.17. The number of pyridine rings is 1. The molecule has 0 spiro atoms. The van der Waals surface area contributed by atoms with Crippen molar-refractivity contribution in [1.82, 2.24) is 30.1 Å². The fourth-order valence-corrected chi connectivity index (χ4v) is 4.95. The highest BCUT2D eigenvalue weighted by Gasteiger charge is 2.58. The van der Waals surface area contributed by atoms with Crippen molar-refractivity contribution in [2.45, 2.75) is 38.5 Å². The molecule has 0 bridgehead atoms. The van der Waals surface area contributed by atoms with Crippen molar-refractivity contribution < 1.29 is 24.2 Å². The van der Waals surface area contributed by atoms with E-state index in [4.69, 9.17) is 4.74 Å². The first-order chi connectivity index (χ1) is 17.1. The lowest BCUT2D eigenvalue weighted by molar-refractivity contribution is -0.127. The largest absolute Gasteiger partial charge is 0.444 e. The molecule has 1 saturated carbocycles. The van der Waals surface area contributed by atoms with Gasteiger partial charge in [0.1, 0.15) is 11.3 Å². The maximum atomic E-state index is 12.9. The van der Waals surface area contributed by atoms with Crippen LogP contribution >= 0.6 is 0 Å². The Labute approximate surface area is 208 Å². The van der Waals surface area contributed by atoms with Crippen molar-refractivity contribution in [3.63, 3.8) is 0 Å². The molecule has 2 aromatic heterocycles. The van der Waals surface area contributed by atoms with Gasteiger partial charge in [-0.25, -0.2) is 14.8 Å². The highest BCUT2D eigenvalue weighted by atomic mass is 16.6. The Morgan fingerprint density at radius 1 is 1.00 bits per heavy atom. The standard InChI is InChI=1S/C25H30N6O5/c1-25(2,3)36-24(35)31-12-17(19(32)13-31)22(33)29-20-15-10-30(11-16(15)20)23(34)14-8-27-21(28-9-14)18-6-4-5-7-26-18/h4-9,15-17,19-20,32H,10-13H2,1-3H3,(H,29,33)/t15-,16+,17?,19?,20?. The molecule has 11 heteroatoms. The van der Waals surface area contributed by atoms with Gasteiger partial charge in [0.05, 0.1) is 24.1 Å². The molecular weight excluding hydrogens is 464 g/mol. The molecule has 3 unspecified atom stereocenters. The van der Waals surface area contributed by atoms with Crippen molar-refractivity contribution in [2.24, 2.45) is 17.8 Å². The molecule has 5 atom stereocenters. The summed E-state index contributed by atoms with van der Waals surface area (Å²) < 4.78 is 5.35. The second kappa shape index (κ2) is 9.12. The number of likely N-dealkylation sites (tertiary alicyclic amines) is 2. The minimum Gasteiger partial charge on any atom is -0.444 e. The normalized spacial score (nSPS) is 26.9. The van der Waals surface area contributed by atoms with Crippen LogP contribution in [-0.2, 0) is 9.53 Å². The van der Waals surface area contributed by atoms with E-state index in [0.29, 0.717) is 30.2 Å². The molecule has 36 heavy (non-hydrogen) atoms. The third kappa shape index (κ3) is 4.88. The SMILES string of the molecule is CC(C)(C)OC(=O)N1CC(O)C(C(=O)NC2[C@H]3CN(C(=O)c4cnc(-c5ccccn5)nc4)C[C@@H]23)C1. The number of carbonyl (C=O) groups excluding carboxylic acids is 3. The first-order valence-electron chi connectivity index (χ1n) is 12.1. The number of aliphatic hydroxyl groups excluding tert-OH is 1. The van der Waals surface area contributed by atoms with Gasteiger partial charge in [-0.2, -0.15) is 0 Å². The number of hydrogen-bond acceptors (Lipinski definition) is 8. The second-order valence-corrected chi connectivity index (χ2v) is 10.6. The van der Waals surface area contributed by atoms with Gasteiger partial charge >= 0.3 is 6.09 Å². The topological polar surface area (TPSA) is 138 Å². The third-order valence-electron chi connectivity index (χ3n) is 6.86. The third-order valence-corrected chi connectivity index (χ3v) is 6.86. The number of ether oxygens (including phenoxy) is 1. The summed E-state index contributed by atoms with van der Waals surface area (Å²) in [4.78, 5) is 53.9. The molecule has 4 heterocycles. The Bertz CT molecular complexity index is 1140. The molecular formula is C25H30N6O5. The average molecular weight is 495 g/mol. The minimum atomic E-state index is -0.941. The molecule has 11 nitrogen and oxygen atoms in total. The van der Waals surface area contributed by atoms with Crippen molar-refractivity contribution >= 4 is 17.9 Å². The Kier molecular flexibility index (Phi) is 6.11. The summed E-state index contributed by atoms with van der Waals surface area (Å²) in [5.41, 5.74) is 0.400. The van der Waals surface area contributed by atoms with Gasteiger partial charge < -0.3 is 25.0 Å². The number of nitrogens with zero attached hydrogens (tertiary/aromatic N) is 5. The van der Waals surface area contributed by atoms with Crippen molar-refractivity contribution in [3.8, 4) is 11.5 Å². The molecule has 2 saturated heterocycles. The molecule has 3 amide bonds. The van der Waals surface area contributed by atoms with E-state index >= 15 is 0 Å². The fraction of sp³-hybridized carbons (Fsp3) is 0.520. The number of hydrogen-bond donors (Lipinski definition) is 2. The predicted molar refractivity (Wildman–Crippen MR) is 127 cm³/mol. The summed E-state index contributed by atoms with van der Waals surface area (Å²) in [5.74, 6) is -0.312. The number of fused-ring (bicyclic) bond motifs is 1. The molecule has 0 radical (unpaired) electrons. The van der Waals surface area contributed by atoms with E-state index in [0.717, 1.165) is 0 Å². The van der Waals surface area contributed by atoms with Gasteiger partial charge in [0.25, 0.3) is 5.91 Å². The van der Waals surface area contributed by atoms with Crippen LogP contribution in [-0.4, -0.2) is 91.7 Å². The van der Waals surface area contributed by atoms with Crippen LogP contribution in [0.2, 0.25) is 0 Å². The number of amides is 3. The summed E-state index contributed by atoms with van der Waals surface area (Å²) in [6, 6.07) is 5.43. The molecule has 0 aromatic carbocycles. The van der Waals surface area contributed by atoms with Gasteiger partial charge in [-0.05, 0) is 32.9 Å². The number of β-amino-alcohol motifs (C(OH)–C–C–N with tert-alkyl or cyclic N) is 1. The van der Waals surface area contributed by atoms with Gasteiger partial charge in [-0.3, -0.25) is 14.6 Å². The monoisotopic (exact) mass is 494 g/mol. The molecule has 190 valence electrons. The Hall–Kier alpha value is -3.60. The molecule has 2 N–H and O–H groups in total. The second-order valence-electron chi connectivity index (χ2n) is 10.6. The number of piperidine rings is 1. The van der Waals surface area contributed by atoms with Crippen molar-refractivity contribution in [2.75, 3.05) is 26.2 Å². The minimum absolute atomic E-state index is 0.0351. The van der Waals surface area contributed by atoms with Gasteiger partial charge in [-0.1, -0.05) is 6.07 Å². The van der Waals surface area contributed by atoms with E-state index in [-0.39, 0.29) is 42.8 Å². The van der Waals surface area contributed by atoms with Gasteiger partial charge in [0.15, 0.2) is 5.82 Å². The zero-order valence-electron chi connectivity index (χ0n) is 20.5. The Balaban J connectivity index is 1.11. The lowest BCUT2D eigenvalue weighted by Crippen LogP contribution is -2.42. The molecule has 2 aromatic rings. The van der Waals surface area contributed by atoms with E-state index < -0.39 is 23.7 Å². The van der Waals surface area contributed by atoms with Crippen LogP contribution in [0.15, 0.2) is 36.8 Å². The van der Waals surface area contributed by atoms with Crippen LogP contribution < -0.4 is 5.32 Å². The summed E-state index contributed by atoms with van der Waals surface area (Å²) >= 11 is 0. The zero-order valence-corrected chi connectivity index (χ0v) is 20.5. The molecule has 1 aliphatic carbocycles. The van der Waals surface area contributed by atoms with E-state index in [1.807, 2.05) is 12.1 Å². The number of nitrogens with one attached hydrogen (secondary N) is 1. The van der Waals surface area contributed by atoms with E-state index in [9.17, 15) is 19.5 Å². The fourth-order valence-electron chi connectivity index (χ4n) is 4.95. The first-order valence-corrected chi connectivity index (χ1v) is 12.1. The highest BCUT2D eigenvalue weighted by molar-refractivity contribution is 5.94. The Morgan fingerprint density at radius 3 is 2.31 bits per heavy atom. The van der Waals surface area contributed by atoms with Crippen molar-refractivity contribution in [1.29, 1.82) is 0 Å². The number of aliphatic hydroxyl groups is 1. The van der Waals surface area contributed by atoms with Crippen LogP contribution in [0.1, 0.15) is 31.1 Å². The zero-order chi connectivity index (χ0) is 25.6. The summed E-state index contributed by atoms with van der Waals surface area (Å²) in [5, 5.41) is 13.4. The summed E-state index contributed by atoms with van der Waals surface area (Å²) in [6.07, 6.45) is 3.21. The summed E-state index contributed by atoms with van der Waals surface area (Å²) in [7, 11) is 0. The smallest absolute Gasteiger partial charge is 0.410 e. The van der Waals surface area contributed by atoms with Crippen molar-refractivity contribution in [3.05, 3.63) is 42.4 Å². The first kappa shape index (κ1) is 24.1. The van der Waals surface area contributed by atoms with Gasteiger partial charge in [0, 0.05) is 56.1 Å². The maximum absolute atomic E-state index is 12.9. The lowest BCUT2D eigenvalue weighted by atomic mass is 10.1. The lowest BCUT2D eigenvalue weighted by Gasteiger charge is -2.24. The maximum Gasteiger partial charge on any atom is 0.410 e. The van der Waals surface area contributed by atoms with Crippen LogP contribution in [0.4, 0.5) is 4.79 Å². The molecule has 2 aliphatic heterocycles. The van der Waals surface area contributed by atoms with Gasteiger partial charge in [-0.15, -0.1) is 0 Å². The Morgan fingerprint density at radius 2 is 1.69 bits per heavy atom. The van der Waals surface area contributed by atoms with Crippen LogP contribution in [0.5, 0.6) is 0 Å². The number of rotatable bonds is 4. The highest BCUT2D eigenvalue weighted by Crippen LogP contribution is 2.46. The summed E-state index contributed by atoms with van der Waals surface area (Å²) in [6.45, 7) is 6.56. The van der Waals surface area contributed by atoms with Crippen LogP contribution in [0.3, 0.4) is 0 Å².